The van der Waals surface area contributed by atoms with E-state index in [4.69, 9.17) is 0 Å². The molecule has 8 heteroatoms. The molecule has 0 spiro atoms. The number of halogens is 1. The Labute approximate surface area is 171 Å². The van der Waals surface area contributed by atoms with Crippen LogP contribution in [0.1, 0.15) is 44.9 Å². The van der Waals surface area contributed by atoms with Crippen LogP contribution in [0.3, 0.4) is 0 Å². The van der Waals surface area contributed by atoms with E-state index in [0.717, 1.165) is 23.1 Å². The Bertz CT molecular complexity index is 741. The van der Waals surface area contributed by atoms with Crippen LogP contribution < -0.4 is 5.32 Å². The lowest BCUT2D eigenvalue weighted by atomic mass is 9.97. The normalized spacial score (nSPS) is 20.2. The van der Waals surface area contributed by atoms with Gasteiger partial charge in [0.15, 0.2) is 0 Å². The molecule has 0 aromatic heterocycles. The van der Waals surface area contributed by atoms with Crippen LogP contribution in [0.5, 0.6) is 0 Å². The molecule has 0 bridgehead atoms. The molecule has 1 aromatic rings. The fourth-order valence-corrected chi connectivity index (χ4v) is 6.58. The van der Waals surface area contributed by atoms with Gasteiger partial charge in [0.1, 0.15) is 5.82 Å². The molecule has 1 aliphatic carbocycles. The minimum absolute atomic E-state index is 0.0306. The predicted molar refractivity (Wildman–Crippen MR) is 110 cm³/mol. The average Bonchev–Trinajstić information content (AvgIpc) is 2.72. The number of thioether (sulfide) groups is 1. The second kappa shape index (κ2) is 10.1. The Hall–Kier alpha value is -1.12. The van der Waals surface area contributed by atoms with Crippen LogP contribution in [0.15, 0.2) is 29.2 Å². The number of nitrogens with zero attached hydrogens (tertiary/aromatic N) is 1. The second-order valence-corrected chi connectivity index (χ2v) is 10.9. The average molecular weight is 429 g/mol. The molecule has 3 rings (SSSR count). The number of carbonyl (C=O) groups is 1. The van der Waals surface area contributed by atoms with Crippen LogP contribution in [0.25, 0.3) is 0 Å². The molecule has 1 N–H and O–H groups in total. The number of hydrogen-bond donors (Lipinski definition) is 1. The van der Waals surface area contributed by atoms with E-state index in [0.29, 0.717) is 32.5 Å². The Morgan fingerprint density at radius 3 is 2.36 bits per heavy atom. The number of amides is 1. The standard InChI is InChI=1S/C20H29FN2O3S2/c21-17-6-8-19(9-7-17)28(25,26)23-13-10-16(11-14-23)20(24)22-12-15-27-18-4-2-1-3-5-18/h6-9,16,18H,1-5,10-15H2,(H,22,24). The Morgan fingerprint density at radius 1 is 1.07 bits per heavy atom. The molecule has 156 valence electrons. The van der Waals surface area contributed by atoms with E-state index in [1.165, 1.54) is 48.5 Å². The van der Waals surface area contributed by atoms with E-state index >= 15 is 0 Å². The highest BCUT2D eigenvalue weighted by atomic mass is 32.2. The molecule has 1 saturated carbocycles. The molecule has 2 aliphatic rings. The summed E-state index contributed by atoms with van der Waals surface area (Å²) in [7, 11) is -3.63. The van der Waals surface area contributed by atoms with Crippen molar-refractivity contribution in [2.45, 2.75) is 55.1 Å². The van der Waals surface area contributed by atoms with Crippen molar-refractivity contribution in [2.24, 2.45) is 5.92 Å². The van der Waals surface area contributed by atoms with Gasteiger partial charge in [0, 0.05) is 36.6 Å². The summed E-state index contributed by atoms with van der Waals surface area (Å²) in [5.41, 5.74) is 0. The lowest BCUT2D eigenvalue weighted by Gasteiger charge is -2.30. The van der Waals surface area contributed by atoms with E-state index in [-0.39, 0.29) is 16.7 Å². The summed E-state index contributed by atoms with van der Waals surface area (Å²) in [6, 6.07) is 4.87. The van der Waals surface area contributed by atoms with Gasteiger partial charge < -0.3 is 5.32 Å². The molecular weight excluding hydrogens is 399 g/mol. The molecular formula is C20H29FN2O3S2. The summed E-state index contributed by atoms with van der Waals surface area (Å²) < 4.78 is 39.7. The molecule has 1 aromatic carbocycles. The van der Waals surface area contributed by atoms with Gasteiger partial charge in [-0.15, -0.1) is 0 Å². The zero-order chi connectivity index (χ0) is 20.0. The van der Waals surface area contributed by atoms with Gasteiger partial charge in [-0.05, 0) is 49.9 Å². The van der Waals surface area contributed by atoms with Gasteiger partial charge in [-0.1, -0.05) is 19.3 Å². The van der Waals surface area contributed by atoms with Gasteiger partial charge in [-0.25, -0.2) is 12.8 Å². The van der Waals surface area contributed by atoms with Gasteiger partial charge in [-0.2, -0.15) is 16.1 Å². The maximum atomic E-state index is 13.0. The first kappa shape index (κ1) is 21.6. The summed E-state index contributed by atoms with van der Waals surface area (Å²) in [6.07, 6.45) is 7.61. The molecule has 0 unspecified atom stereocenters. The van der Waals surface area contributed by atoms with Crippen molar-refractivity contribution >= 4 is 27.7 Å². The third kappa shape index (κ3) is 5.70. The van der Waals surface area contributed by atoms with Gasteiger partial charge in [-0.3, -0.25) is 4.79 Å². The Kier molecular flexibility index (Phi) is 7.77. The highest BCUT2D eigenvalue weighted by Gasteiger charge is 2.32. The summed E-state index contributed by atoms with van der Waals surface area (Å²) in [4.78, 5) is 12.5. The number of sulfonamides is 1. The number of carbonyl (C=O) groups excluding carboxylic acids is 1. The first-order valence-electron chi connectivity index (χ1n) is 10.1. The molecule has 0 radical (unpaired) electrons. The third-order valence-electron chi connectivity index (χ3n) is 5.58. The number of rotatable bonds is 7. The summed E-state index contributed by atoms with van der Waals surface area (Å²) in [6.45, 7) is 1.30. The van der Waals surface area contributed by atoms with E-state index in [1.807, 2.05) is 11.8 Å². The summed E-state index contributed by atoms with van der Waals surface area (Å²) >= 11 is 1.96. The van der Waals surface area contributed by atoms with Crippen molar-refractivity contribution in [1.82, 2.24) is 9.62 Å². The van der Waals surface area contributed by atoms with Crippen LogP contribution >= 0.6 is 11.8 Å². The Morgan fingerprint density at radius 2 is 1.71 bits per heavy atom. The SMILES string of the molecule is O=C(NCCSC1CCCCC1)C1CCN(S(=O)(=O)c2ccc(F)cc2)CC1. The highest BCUT2D eigenvalue weighted by Crippen LogP contribution is 2.28. The number of benzene rings is 1. The van der Waals surface area contributed by atoms with Crippen LogP contribution in [-0.2, 0) is 14.8 Å². The molecule has 5 nitrogen and oxygen atoms in total. The van der Waals surface area contributed by atoms with Crippen molar-refractivity contribution in [3.8, 4) is 0 Å². The maximum absolute atomic E-state index is 13.0. The van der Waals surface area contributed by atoms with Gasteiger partial charge in [0.05, 0.1) is 4.90 Å². The van der Waals surface area contributed by atoms with E-state index < -0.39 is 15.8 Å². The van der Waals surface area contributed by atoms with Gasteiger partial charge >= 0.3 is 0 Å². The van der Waals surface area contributed by atoms with Crippen LogP contribution in [0, 0.1) is 11.7 Å². The zero-order valence-electron chi connectivity index (χ0n) is 16.1. The van der Waals surface area contributed by atoms with Crippen molar-refractivity contribution in [1.29, 1.82) is 0 Å². The van der Waals surface area contributed by atoms with E-state index in [1.54, 1.807) is 0 Å². The monoisotopic (exact) mass is 428 g/mol. The number of hydrogen-bond acceptors (Lipinski definition) is 4. The fourth-order valence-electron chi connectivity index (χ4n) is 3.89. The predicted octanol–water partition coefficient (Wildman–Crippen LogP) is 3.41. The van der Waals surface area contributed by atoms with E-state index in [9.17, 15) is 17.6 Å². The summed E-state index contributed by atoms with van der Waals surface area (Å²) in [5, 5.41) is 3.76. The minimum Gasteiger partial charge on any atom is -0.355 e. The van der Waals surface area contributed by atoms with Crippen LogP contribution in [-0.4, -0.2) is 49.3 Å². The zero-order valence-corrected chi connectivity index (χ0v) is 17.7. The van der Waals surface area contributed by atoms with Crippen LogP contribution in [0.4, 0.5) is 4.39 Å². The molecule has 28 heavy (non-hydrogen) atoms. The minimum atomic E-state index is -3.63. The Balaban J connectivity index is 1.40. The molecule has 0 atom stereocenters. The fraction of sp³-hybridized carbons (Fsp3) is 0.650. The van der Waals surface area contributed by atoms with Gasteiger partial charge in [0.25, 0.3) is 0 Å². The van der Waals surface area contributed by atoms with Gasteiger partial charge in [0.2, 0.25) is 15.9 Å². The smallest absolute Gasteiger partial charge is 0.243 e. The van der Waals surface area contributed by atoms with Crippen molar-refractivity contribution < 1.29 is 17.6 Å². The van der Waals surface area contributed by atoms with Crippen molar-refractivity contribution in [3.63, 3.8) is 0 Å². The van der Waals surface area contributed by atoms with Crippen molar-refractivity contribution in [2.75, 3.05) is 25.4 Å². The topological polar surface area (TPSA) is 66.5 Å². The third-order valence-corrected chi connectivity index (χ3v) is 8.88. The summed E-state index contributed by atoms with van der Waals surface area (Å²) in [5.74, 6) is 0.368. The first-order chi connectivity index (χ1) is 13.5. The maximum Gasteiger partial charge on any atom is 0.243 e. The second-order valence-electron chi connectivity index (χ2n) is 7.55. The quantitative estimate of drug-likeness (QED) is 0.676. The van der Waals surface area contributed by atoms with Crippen molar-refractivity contribution in [3.05, 3.63) is 30.1 Å². The molecule has 2 fully saturated rings. The molecule has 1 amide bonds. The lowest BCUT2D eigenvalue weighted by molar-refractivity contribution is -0.125. The highest BCUT2D eigenvalue weighted by molar-refractivity contribution is 7.99. The lowest BCUT2D eigenvalue weighted by Crippen LogP contribution is -2.43. The molecule has 1 aliphatic heterocycles. The first-order valence-corrected chi connectivity index (χ1v) is 12.6. The van der Waals surface area contributed by atoms with Crippen LogP contribution in [0.2, 0.25) is 0 Å². The largest absolute Gasteiger partial charge is 0.355 e. The molecule has 1 heterocycles. The van der Waals surface area contributed by atoms with E-state index in [2.05, 4.69) is 5.32 Å². The molecule has 1 saturated heterocycles. The number of nitrogens with one attached hydrogen (secondary N) is 1. The number of piperidine rings is 1.